The number of nitrogens with one attached hydrogen (secondary N) is 1. The maximum absolute atomic E-state index is 12.5. The average Bonchev–Trinajstić information content (AvgIpc) is 2.82. The van der Waals surface area contributed by atoms with E-state index in [1.165, 1.54) is 11.8 Å². The third-order valence-electron chi connectivity index (χ3n) is 4.65. The number of hydrogen-bond acceptors (Lipinski definition) is 7. The van der Waals surface area contributed by atoms with E-state index in [2.05, 4.69) is 20.4 Å². The topological polar surface area (TPSA) is 97.9 Å². The van der Waals surface area contributed by atoms with Gasteiger partial charge in [-0.05, 0) is 39.9 Å². The van der Waals surface area contributed by atoms with Gasteiger partial charge in [-0.2, -0.15) is 5.10 Å². The number of likely N-dealkylation sites (N-methyl/N-ethyl adjacent to an activating group) is 1. The van der Waals surface area contributed by atoms with Crippen LogP contribution in [0.2, 0.25) is 0 Å². The van der Waals surface area contributed by atoms with E-state index in [1.54, 1.807) is 15.4 Å². The van der Waals surface area contributed by atoms with Crippen LogP contribution >= 0.6 is 11.8 Å². The van der Waals surface area contributed by atoms with E-state index in [0.29, 0.717) is 24.7 Å². The molecule has 0 spiro atoms. The zero-order valence-electron chi connectivity index (χ0n) is 16.6. The van der Waals surface area contributed by atoms with Crippen molar-refractivity contribution in [2.24, 2.45) is 0 Å². The van der Waals surface area contributed by atoms with Crippen LogP contribution in [-0.4, -0.2) is 67.6 Å². The SMILES string of the molecule is Cc1ccnc(SCC(=O)NC2CCc3nn(CCN(C)C)c(=O)n3CC2)n1. The molecule has 28 heavy (non-hydrogen) atoms. The molecule has 0 aliphatic carbocycles. The fourth-order valence-corrected chi connectivity index (χ4v) is 3.80. The summed E-state index contributed by atoms with van der Waals surface area (Å²) < 4.78 is 3.30. The predicted molar refractivity (Wildman–Crippen MR) is 107 cm³/mol. The van der Waals surface area contributed by atoms with E-state index in [9.17, 15) is 9.59 Å². The van der Waals surface area contributed by atoms with E-state index in [1.807, 2.05) is 32.0 Å². The Morgan fingerprint density at radius 1 is 1.39 bits per heavy atom. The Morgan fingerprint density at radius 2 is 2.21 bits per heavy atom. The normalized spacial score (nSPS) is 16.6. The van der Waals surface area contributed by atoms with Crippen LogP contribution < -0.4 is 11.0 Å². The van der Waals surface area contributed by atoms with Crippen molar-refractivity contribution in [3.05, 3.63) is 34.3 Å². The Morgan fingerprint density at radius 3 is 2.96 bits per heavy atom. The standard InChI is InChI=1S/C18H27N7O2S/c1-13-6-8-19-17(20-13)28-12-16(26)21-14-4-5-15-22-25(11-10-23(2)3)18(27)24(15)9-7-14/h6,8,14H,4-5,7,9-12H2,1-3H3,(H,21,26). The van der Waals surface area contributed by atoms with Crippen LogP contribution in [0.1, 0.15) is 24.4 Å². The number of nitrogens with zero attached hydrogens (tertiary/aromatic N) is 6. The smallest absolute Gasteiger partial charge is 0.345 e. The number of carbonyl (C=O) groups is 1. The molecule has 1 atom stereocenters. The van der Waals surface area contributed by atoms with Crippen molar-refractivity contribution in [2.45, 2.75) is 50.5 Å². The zero-order valence-corrected chi connectivity index (χ0v) is 17.4. The van der Waals surface area contributed by atoms with Crippen LogP contribution in [0.5, 0.6) is 0 Å². The summed E-state index contributed by atoms with van der Waals surface area (Å²) in [7, 11) is 3.95. The van der Waals surface area contributed by atoms with Gasteiger partial charge in [0.1, 0.15) is 5.82 Å². The average molecular weight is 406 g/mol. The molecule has 0 aromatic carbocycles. The minimum Gasteiger partial charge on any atom is -0.353 e. The molecule has 0 fully saturated rings. The van der Waals surface area contributed by atoms with Crippen molar-refractivity contribution < 1.29 is 4.79 Å². The Bertz CT molecular complexity index is 877. The number of aromatic nitrogens is 5. The van der Waals surface area contributed by atoms with Gasteiger partial charge in [0, 0.05) is 37.4 Å². The summed E-state index contributed by atoms with van der Waals surface area (Å²) in [5.74, 6) is 1.05. The molecule has 0 saturated heterocycles. The molecule has 10 heteroatoms. The maximum atomic E-state index is 12.5. The van der Waals surface area contributed by atoms with Gasteiger partial charge >= 0.3 is 5.69 Å². The lowest BCUT2D eigenvalue weighted by Crippen LogP contribution is -2.37. The third-order valence-corrected chi connectivity index (χ3v) is 5.51. The molecule has 0 radical (unpaired) electrons. The first-order valence-electron chi connectivity index (χ1n) is 9.45. The second-order valence-electron chi connectivity index (χ2n) is 7.24. The number of hydrogen-bond donors (Lipinski definition) is 1. The molecule has 0 bridgehead atoms. The second-order valence-corrected chi connectivity index (χ2v) is 8.18. The number of amides is 1. The predicted octanol–water partition coefficient (Wildman–Crippen LogP) is 0.318. The van der Waals surface area contributed by atoms with Crippen molar-refractivity contribution in [1.82, 2.24) is 34.5 Å². The summed E-state index contributed by atoms with van der Waals surface area (Å²) in [4.78, 5) is 35.3. The lowest BCUT2D eigenvalue weighted by molar-refractivity contribution is -0.119. The molecule has 3 heterocycles. The van der Waals surface area contributed by atoms with Crippen LogP contribution in [0.15, 0.2) is 22.2 Å². The van der Waals surface area contributed by atoms with E-state index in [0.717, 1.165) is 30.9 Å². The molecule has 2 aromatic rings. The Hall–Kier alpha value is -2.20. The number of fused-ring (bicyclic) bond motifs is 1. The molecule has 1 aliphatic rings. The van der Waals surface area contributed by atoms with Gasteiger partial charge in [0.15, 0.2) is 5.16 Å². The fourth-order valence-electron chi connectivity index (χ4n) is 3.11. The number of thioether (sulfide) groups is 1. The molecule has 1 amide bonds. The first kappa shape index (κ1) is 20.5. The van der Waals surface area contributed by atoms with E-state index >= 15 is 0 Å². The lowest BCUT2D eigenvalue weighted by Gasteiger charge is -2.15. The highest BCUT2D eigenvalue weighted by atomic mass is 32.2. The second kappa shape index (κ2) is 9.33. The summed E-state index contributed by atoms with van der Waals surface area (Å²) >= 11 is 1.33. The molecule has 1 N–H and O–H groups in total. The molecular weight excluding hydrogens is 378 g/mol. The van der Waals surface area contributed by atoms with Crippen LogP contribution in [0.25, 0.3) is 0 Å². The molecule has 2 aromatic heterocycles. The molecular formula is C18H27N7O2S. The lowest BCUT2D eigenvalue weighted by atomic mass is 10.1. The van der Waals surface area contributed by atoms with Gasteiger partial charge in [0.05, 0.1) is 12.3 Å². The van der Waals surface area contributed by atoms with Gasteiger partial charge in [-0.3, -0.25) is 9.36 Å². The summed E-state index contributed by atoms with van der Waals surface area (Å²) in [5.41, 5.74) is 0.823. The van der Waals surface area contributed by atoms with Gasteiger partial charge in [0.25, 0.3) is 0 Å². The Balaban J connectivity index is 1.51. The third kappa shape index (κ3) is 5.41. The van der Waals surface area contributed by atoms with E-state index < -0.39 is 0 Å². The fraction of sp³-hybridized carbons (Fsp3) is 0.611. The Kier molecular flexibility index (Phi) is 6.84. The number of rotatable bonds is 7. The van der Waals surface area contributed by atoms with Gasteiger partial charge in [-0.1, -0.05) is 11.8 Å². The van der Waals surface area contributed by atoms with Crippen LogP contribution in [0.3, 0.4) is 0 Å². The van der Waals surface area contributed by atoms with Crippen LogP contribution in [0, 0.1) is 6.92 Å². The highest BCUT2D eigenvalue weighted by Crippen LogP contribution is 2.14. The van der Waals surface area contributed by atoms with Gasteiger partial charge in [-0.15, -0.1) is 0 Å². The van der Waals surface area contributed by atoms with Crippen molar-refractivity contribution in [1.29, 1.82) is 0 Å². The monoisotopic (exact) mass is 405 g/mol. The van der Waals surface area contributed by atoms with E-state index in [-0.39, 0.29) is 23.4 Å². The zero-order chi connectivity index (χ0) is 20.1. The van der Waals surface area contributed by atoms with Crippen molar-refractivity contribution >= 4 is 17.7 Å². The van der Waals surface area contributed by atoms with Gasteiger partial charge < -0.3 is 10.2 Å². The minimum absolute atomic E-state index is 0.0389. The molecule has 1 aliphatic heterocycles. The van der Waals surface area contributed by atoms with Crippen LogP contribution in [0.4, 0.5) is 0 Å². The first-order chi connectivity index (χ1) is 13.4. The quantitative estimate of drug-likeness (QED) is 0.523. The highest BCUT2D eigenvalue weighted by molar-refractivity contribution is 7.99. The molecule has 3 rings (SSSR count). The number of aryl methyl sites for hydroxylation is 2. The maximum Gasteiger partial charge on any atom is 0.345 e. The molecule has 152 valence electrons. The van der Waals surface area contributed by atoms with Crippen molar-refractivity contribution in [2.75, 3.05) is 26.4 Å². The van der Waals surface area contributed by atoms with E-state index in [4.69, 9.17) is 0 Å². The molecule has 1 unspecified atom stereocenters. The number of carbonyl (C=O) groups excluding carboxylic acids is 1. The summed E-state index contributed by atoms with van der Waals surface area (Å²) in [6.45, 7) is 3.84. The largest absolute Gasteiger partial charge is 0.353 e. The Labute approximate surface area is 168 Å². The molecule has 9 nitrogen and oxygen atoms in total. The van der Waals surface area contributed by atoms with Crippen molar-refractivity contribution in [3.63, 3.8) is 0 Å². The van der Waals surface area contributed by atoms with Crippen LogP contribution in [-0.2, 0) is 24.3 Å². The summed E-state index contributed by atoms with van der Waals surface area (Å²) in [5, 5.41) is 8.16. The van der Waals surface area contributed by atoms with Gasteiger partial charge in [-0.25, -0.2) is 19.4 Å². The molecule has 0 saturated carbocycles. The summed E-state index contributed by atoms with van der Waals surface area (Å²) in [6, 6.07) is 1.87. The highest BCUT2D eigenvalue weighted by Gasteiger charge is 2.22. The minimum atomic E-state index is -0.0593. The van der Waals surface area contributed by atoms with Gasteiger partial charge in [0.2, 0.25) is 5.91 Å². The summed E-state index contributed by atoms with van der Waals surface area (Å²) in [6.07, 6.45) is 3.88. The van der Waals surface area contributed by atoms with Crippen molar-refractivity contribution in [3.8, 4) is 0 Å². The first-order valence-corrected chi connectivity index (χ1v) is 10.4.